The minimum absolute atomic E-state index is 0.173. The highest BCUT2D eigenvalue weighted by molar-refractivity contribution is 7.90. The highest BCUT2D eigenvalue weighted by Gasteiger charge is 2.29. The van der Waals surface area contributed by atoms with E-state index in [-0.39, 0.29) is 10.8 Å². The molecule has 1 aromatic heterocycles. The van der Waals surface area contributed by atoms with Gasteiger partial charge < -0.3 is 4.55 Å². The van der Waals surface area contributed by atoms with Gasteiger partial charge in [-0.3, -0.25) is 0 Å². The Morgan fingerprint density at radius 3 is 2.52 bits per heavy atom. The third kappa shape index (κ3) is 4.02. The third-order valence-corrected chi connectivity index (χ3v) is 5.28. The Balaban J connectivity index is 2.34. The van der Waals surface area contributed by atoms with Gasteiger partial charge in [-0.25, -0.2) is 4.98 Å². The second kappa shape index (κ2) is 6.31. The summed E-state index contributed by atoms with van der Waals surface area (Å²) in [6, 6.07) is 7.22. The fourth-order valence-corrected chi connectivity index (χ4v) is 3.14. The molecule has 2 atom stereocenters. The number of fused-ring (bicyclic) bond motifs is 1. The third-order valence-electron chi connectivity index (χ3n) is 3.06. The van der Waals surface area contributed by atoms with Crippen LogP contribution in [0.2, 0.25) is 10.2 Å². The van der Waals surface area contributed by atoms with E-state index in [4.69, 9.17) is 23.2 Å². The lowest BCUT2D eigenvalue weighted by Gasteiger charge is -2.26. The maximum absolute atomic E-state index is 12.2. The number of benzene rings is 1. The minimum atomic E-state index is -1.18. The Morgan fingerprint density at radius 1 is 1.24 bits per heavy atom. The fourth-order valence-electron chi connectivity index (χ4n) is 1.84. The van der Waals surface area contributed by atoms with E-state index in [2.05, 4.69) is 9.71 Å². The summed E-state index contributed by atoms with van der Waals surface area (Å²) in [5, 5.41) is 1.98. The normalized spacial score (nSPS) is 15.2. The van der Waals surface area contributed by atoms with Gasteiger partial charge in [-0.15, -0.1) is 4.72 Å². The van der Waals surface area contributed by atoms with Crippen LogP contribution in [-0.2, 0) is 11.4 Å². The number of hydrogen-bond donors (Lipinski definition) is 1. The van der Waals surface area contributed by atoms with E-state index in [1.807, 2.05) is 45.9 Å². The van der Waals surface area contributed by atoms with Gasteiger partial charge in [-0.2, -0.15) is 0 Å². The summed E-state index contributed by atoms with van der Waals surface area (Å²) in [7, 11) is 0. The molecule has 0 saturated heterocycles. The molecule has 0 bridgehead atoms. The predicted molar refractivity (Wildman–Crippen MR) is 91.2 cm³/mol. The molecule has 1 N–H and O–H groups in total. The molecule has 1 heterocycles. The molecule has 0 fully saturated rings. The van der Waals surface area contributed by atoms with E-state index in [0.29, 0.717) is 10.2 Å². The first-order valence-electron chi connectivity index (χ1n) is 6.62. The Kier molecular flexibility index (Phi) is 5.06. The summed E-state index contributed by atoms with van der Waals surface area (Å²) in [5.74, 6) is 0. The number of nitrogens with zero attached hydrogens (tertiary/aromatic N) is 1. The van der Waals surface area contributed by atoms with E-state index >= 15 is 0 Å². The molecule has 1 unspecified atom stereocenters. The summed E-state index contributed by atoms with van der Waals surface area (Å²) < 4.78 is 14.9. The first-order chi connectivity index (χ1) is 9.68. The quantitative estimate of drug-likeness (QED) is 0.650. The zero-order valence-electron chi connectivity index (χ0n) is 12.4. The molecule has 21 heavy (non-hydrogen) atoms. The van der Waals surface area contributed by atoms with Crippen molar-refractivity contribution < 1.29 is 4.55 Å². The Bertz CT molecular complexity index is 658. The smallest absolute Gasteiger partial charge is 0.136 e. The van der Waals surface area contributed by atoms with Crippen LogP contribution in [0.15, 0.2) is 24.3 Å². The number of rotatable bonds is 3. The first kappa shape index (κ1) is 16.8. The molecule has 3 nitrogen and oxygen atoms in total. The summed E-state index contributed by atoms with van der Waals surface area (Å²) in [6.07, 6.45) is 0. The second-order valence-corrected chi connectivity index (χ2v) is 8.72. The van der Waals surface area contributed by atoms with Gasteiger partial charge in [-0.1, -0.05) is 23.2 Å². The molecule has 0 radical (unpaired) electrons. The SMILES string of the molecule is CC(N[S@+]([O-])C(C)(C)C)c1cc2cc(Cl)ccc2nc1Cl. The molecule has 2 aromatic rings. The number of nitrogens with one attached hydrogen (secondary N) is 1. The van der Waals surface area contributed by atoms with Crippen LogP contribution in [-0.4, -0.2) is 14.3 Å². The van der Waals surface area contributed by atoms with Crippen LogP contribution in [0.25, 0.3) is 10.9 Å². The van der Waals surface area contributed by atoms with Crippen molar-refractivity contribution >= 4 is 45.5 Å². The summed E-state index contributed by atoms with van der Waals surface area (Å²) in [6.45, 7) is 7.68. The van der Waals surface area contributed by atoms with Crippen molar-refractivity contribution in [3.05, 3.63) is 40.0 Å². The van der Waals surface area contributed by atoms with Gasteiger partial charge in [0, 0.05) is 27.3 Å². The molecule has 0 saturated carbocycles. The molecule has 6 heteroatoms. The van der Waals surface area contributed by atoms with Crippen LogP contribution in [0, 0.1) is 0 Å². The van der Waals surface area contributed by atoms with Crippen molar-refractivity contribution in [3.8, 4) is 0 Å². The number of hydrogen-bond acceptors (Lipinski definition) is 3. The van der Waals surface area contributed by atoms with Crippen LogP contribution in [0.5, 0.6) is 0 Å². The molecule has 1 aromatic carbocycles. The fraction of sp³-hybridized carbons (Fsp3) is 0.400. The van der Waals surface area contributed by atoms with Crippen LogP contribution in [0.3, 0.4) is 0 Å². The predicted octanol–water partition coefficient (Wildman–Crippen LogP) is 4.65. The van der Waals surface area contributed by atoms with Gasteiger partial charge in [0.25, 0.3) is 0 Å². The Hall–Kier alpha value is -0.520. The highest BCUT2D eigenvalue weighted by Crippen LogP contribution is 2.28. The van der Waals surface area contributed by atoms with Crippen LogP contribution in [0.4, 0.5) is 0 Å². The van der Waals surface area contributed by atoms with Crippen LogP contribution < -0.4 is 4.72 Å². The number of halogens is 2. The Labute approximate surface area is 138 Å². The maximum atomic E-state index is 12.2. The maximum Gasteiger partial charge on any atom is 0.136 e. The standard InChI is InChI=1S/C15H18Cl2N2OS/c1-9(19-21(20)15(2,3)4)12-8-10-7-11(16)5-6-13(10)18-14(12)17/h5-9,19H,1-4H3/t9?,21-/m1/s1. The van der Waals surface area contributed by atoms with Gasteiger partial charge in [0.2, 0.25) is 0 Å². The molecule has 0 aliphatic heterocycles. The van der Waals surface area contributed by atoms with E-state index in [0.717, 1.165) is 16.5 Å². The van der Waals surface area contributed by atoms with Crippen molar-refractivity contribution in [1.29, 1.82) is 0 Å². The minimum Gasteiger partial charge on any atom is -0.598 e. The van der Waals surface area contributed by atoms with E-state index in [1.54, 1.807) is 6.07 Å². The van der Waals surface area contributed by atoms with Crippen molar-refractivity contribution in [1.82, 2.24) is 9.71 Å². The molecule has 0 spiro atoms. The summed E-state index contributed by atoms with van der Waals surface area (Å²) >= 11 is 11.1. The van der Waals surface area contributed by atoms with Crippen molar-refractivity contribution in [3.63, 3.8) is 0 Å². The van der Waals surface area contributed by atoms with Crippen LogP contribution in [0.1, 0.15) is 39.3 Å². The van der Waals surface area contributed by atoms with Gasteiger partial charge in [0.1, 0.15) is 9.90 Å². The Morgan fingerprint density at radius 2 is 1.90 bits per heavy atom. The van der Waals surface area contributed by atoms with Gasteiger partial charge in [0.15, 0.2) is 0 Å². The molecule has 0 aliphatic carbocycles. The zero-order valence-corrected chi connectivity index (χ0v) is 14.7. The number of aromatic nitrogens is 1. The highest BCUT2D eigenvalue weighted by atomic mass is 35.5. The molecular weight excluding hydrogens is 327 g/mol. The average Bonchev–Trinajstić information content (AvgIpc) is 2.37. The molecule has 0 aliphatic rings. The average molecular weight is 345 g/mol. The second-order valence-electron chi connectivity index (χ2n) is 5.93. The molecule has 114 valence electrons. The van der Waals surface area contributed by atoms with Crippen molar-refractivity contribution in [2.24, 2.45) is 0 Å². The van der Waals surface area contributed by atoms with E-state index in [1.165, 1.54) is 0 Å². The topological polar surface area (TPSA) is 48.0 Å². The van der Waals surface area contributed by atoms with Crippen molar-refractivity contribution in [2.75, 3.05) is 0 Å². The van der Waals surface area contributed by atoms with Gasteiger partial charge in [0.05, 0.1) is 11.6 Å². The van der Waals surface area contributed by atoms with Crippen LogP contribution >= 0.6 is 23.2 Å². The molecular formula is C15H18Cl2N2OS. The largest absolute Gasteiger partial charge is 0.598 e. The first-order valence-corrected chi connectivity index (χ1v) is 8.53. The summed E-state index contributed by atoms with van der Waals surface area (Å²) in [5.41, 5.74) is 1.60. The lowest BCUT2D eigenvalue weighted by molar-refractivity contribution is 0.531. The zero-order chi connectivity index (χ0) is 15.8. The monoisotopic (exact) mass is 344 g/mol. The van der Waals surface area contributed by atoms with E-state index in [9.17, 15) is 4.55 Å². The summed E-state index contributed by atoms with van der Waals surface area (Å²) in [4.78, 5) is 4.38. The molecule has 2 rings (SSSR count). The lowest BCUT2D eigenvalue weighted by Crippen LogP contribution is -2.40. The lowest BCUT2D eigenvalue weighted by atomic mass is 10.1. The van der Waals surface area contributed by atoms with Gasteiger partial charge in [-0.05, 0) is 52.0 Å². The van der Waals surface area contributed by atoms with Gasteiger partial charge >= 0.3 is 0 Å². The molecule has 0 amide bonds. The van der Waals surface area contributed by atoms with Crippen molar-refractivity contribution in [2.45, 2.75) is 38.5 Å². The van der Waals surface area contributed by atoms with E-state index < -0.39 is 11.4 Å². The number of pyridine rings is 1.